The molecule has 0 aromatic heterocycles. The van der Waals surface area contributed by atoms with Crippen LogP contribution in [-0.4, -0.2) is 35.6 Å². The Morgan fingerprint density at radius 2 is 2.00 bits per heavy atom. The predicted molar refractivity (Wildman–Crippen MR) is 52.1 cm³/mol. The molecule has 1 amide bonds. The zero-order valence-electron chi connectivity index (χ0n) is 8.12. The third-order valence-electron chi connectivity index (χ3n) is 2.16. The number of piperidine rings is 1. The minimum Gasteiger partial charge on any atom is -0.375 e. The van der Waals surface area contributed by atoms with Gasteiger partial charge in [-0.05, 0) is 38.3 Å². The van der Waals surface area contributed by atoms with E-state index >= 15 is 0 Å². The highest BCUT2D eigenvalue weighted by Crippen LogP contribution is 2.16. The SMILES string of the molecule is CC(C)OC1CCN(C(=O)Cl)CC1. The van der Waals surface area contributed by atoms with E-state index in [9.17, 15) is 4.79 Å². The number of ether oxygens (including phenoxy) is 1. The van der Waals surface area contributed by atoms with Gasteiger partial charge in [0.05, 0.1) is 12.2 Å². The first kappa shape index (κ1) is 10.8. The van der Waals surface area contributed by atoms with Crippen molar-refractivity contribution in [3.05, 3.63) is 0 Å². The number of likely N-dealkylation sites (tertiary alicyclic amines) is 1. The topological polar surface area (TPSA) is 29.5 Å². The van der Waals surface area contributed by atoms with E-state index in [2.05, 4.69) is 0 Å². The summed E-state index contributed by atoms with van der Waals surface area (Å²) in [6, 6.07) is 0. The Morgan fingerprint density at radius 1 is 1.46 bits per heavy atom. The molecule has 13 heavy (non-hydrogen) atoms. The molecular formula is C9H16ClNO2. The predicted octanol–water partition coefficient (Wildman–Crippen LogP) is 2.23. The van der Waals surface area contributed by atoms with E-state index in [0.717, 1.165) is 25.9 Å². The fourth-order valence-electron chi connectivity index (χ4n) is 1.55. The molecule has 1 aliphatic heterocycles. The molecule has 0 atom stereocenters. The molecule has 0 saturated carbocycles. The Morgan fingerprint density at radius 3 is 2.38 bits per heavy atom. The first-order valence-electron chi connectivity index (χ1n) is 4.69. The fourth-order valence-corrected chi connectivity index (χ4v) is 1.72. The Hall–Kier alpha value is -0.280. The highest BCUT2D eigenvalue weighted by Gasteiger charge is 2.22. The smallest absolute Gasteiger partial charge is 0.316 e. The van der Waals surface area contributed by atoms with Crippen LogP contribution in [0.3, 0.4) is 0 Å². The third kappa shape index (κ3) is 3.53. The van der Waals surface area contributed by atoms with Crippen molar-refractivity contribution in [1.29, 1.82) is 0 Å². The van der Waals surface area contributed by atoms with Gasteiger partial charge in [-0.3, -0.25) is 4.79 Å². The molecule has 0 N–H and O–H groups in total. The van der Waals surface area contributed by atoms with E-state index in [-0.39, 0.29) is 11.5 Å². The van der Waals surface area contributed by atoms with Gasteiger partial charge < -0.3 is 9.64 Å². The molecule has 0 unspecified atom stereocenters. The van der Waals surface area contributed by atoms with Gasteiger partial charge in [-0.15, -0.1) is 0 Å². The van der Waals surface area contributed by atoms with Gasteiger partial charge in [0, 0.05) is 13.1 Å². The Balaban J connectivity index is 2.26. The quantitative estimate of drug-likeness (QED) is 0.511. The molecule has 0 radical (unpaired) electrons. The summed E-state index contributed by atoms with van der Waals surface area (Å²) in [6.07, 6.45) is 2.36. The summed E-state index contributed by atoms with van der Waals surface area (Å²) in [5.74, 6) is 0. The maximum Gasteiger partial charge on any atom is 0.316 e. The van der Waals surface area contributed by atoms with Crippen LogP contribution in [0, 0.1) is 0 Å². The molecule has 0 bridgehead atoms. The maximum atomic E-state index is 10.8. The van der Waals surface area contributed by atoms with Crippen LogP contribution < -0.4 is 0 Å². The lowest BCUT2D eigenvalue weighted by atomic mass is 10.1. The molecule has 0 spiro atoms. The maximum absolute atomic E-state index is 10.8. The highest BCUT2D eigenvalue weighted by molar-refractivity contribution is 6.62. The number of hydrogen-bond donors (Lipinski definition) is 0. The van der Waals surface area contributed by atoms with Crippen molar-refractivity contribution in [2.75, 3.05) is 13.1 Å². The van der Waals surface area contributed by atoms with Gasteiger partial charge in [-0.1, -0.05) is 0 Å². The number of hydrogen-bond acceptors (Lipinski definition) is 2. The monoisotopic (exact) mass is 205 g/mol. The van der Waals surface area contributed by atoms with Crippen molar-refractivity contribution in [2.45, 2.75) is 38.9 Å². The van der Waals surface area contributed by atoms with E-state index < -0.39 is 0 Å². The number of carbonyl (C=O) groups is 1. The standard InChI is InChI=1S/C9H16ClNO2/c1-7(2)13-8-3-5-11(6-4-8)9(10)12/h7-8H,3-6H2,1-2H3. The normalized spacial score (nSPS) is 19.5. The lowest BCUT2D eigenvalue weighted by Gasteiger charge is -2.31. The molecule has 76 valence electrons. The first-order valence-corrected chi connectivity index (χ1v) is 5.07. The summed E-state index contributed by atoms with van der Waals surface area (Å²) in [4.78, 5) is 12.4. The van der Waals surface area contributed by atoms with Gasteiger partial charge in [0.1, 0.15) is 0 Å². The average molecular weight is 206 g/mol. The van der Waals surface area contributed by atoms with E-state index in [0.29, 0.717) is 6.10 Å². The lowest BCUT2D eigenvalue weighted by molar-refractivity contribution is -0.0198. The number of rotatable bonds is 2. The molecule has 1 aliphatic rings. The van der Waals surface area contributed by atoms with Gasteiger partial charge >= 0.3 is 5.37 Å². The molecule has 1 heterocycles. The first-order chi connectivity index (χ1) is 6.09. The second-order valence-corrected chi connectivity index (χ2v) is 3.95. The van der Waals surface area contributed by atoms with Crippen LogP contribution in [0.2, 0.25) is 0 Å². The minimum absolute atomic E-state index is 0.267. The van der Waals surface area contributed by atoms with Crippen LogP contribution >= 0.6 is 11.6 Å². The van der Waals surface area contributed by atoms with Crippen LogP contribution in [0.1, 0.15) is 26.7 Å². The molecule has 3 nitrogen and oxygen atoms in total. The largest absolute Gasteiger partial charge is 0.375 e. The zero-order chi connectivity index (χ0) is 9.84. The summed E-state index contributed by atoms with van der Waals surface area (Å²) < 4.78 is 5.64. The van der Waals surface area contributed by atoms with Crippen LogP contribution in [0.4, 0.5) is 4.79 Å². The molecule has 0 aromatic rings. The van der Waals surface area contributed by atoms with E-state index in [1.165, 1.54) is 0 Å². The van der Waals surface area contributed by atoms with Crippen LogP contribution in [0.25, 0.3) is 0 Å². The lowest BCUT2D eigenvalue weighted by Crippen LogP contribution is -2.39. The Kier molecular flexibility index (Phi) is 4.00. The molecule has 1 rings (SSSR count). The number of halogens is 1. The van der Waals surface area contributed by atoms with Crippen molar-refractivity contribution in [1.82, 2.24) is 4.90 Å². The van der Waals surface area contributed by atoms with Crippen molar-refractivity contribution in [2.24, 2.45) is 0 Å². The van der Waals surface area contributed by atoms with Gasteiger partial charge in [0.2, 0.25) is 0 Å². The van der Waals surface area contributed by atoms with Crippen LogP contribution in [-0.2, 0) is 4.74 Å². The Labute approximate surface area is 84.0 Å². The molecule has 0 aliphatic carbocycles. The minimum atomic E-state index is -0.344. The van der Waals surface area contributed by atoms with Crippen molar-refractivity contribution in [3.63, 3.8) is 0 Å². The van der Waals surface area contributed by atoms with Crippen molar-refractivity contribution < 1.29 is 9.53 Å². The van der Waals surface area contributed by atoms with Crippen LogP contribution in [0.5, 0.6) is 0 Å². The molecule has 0 aromatic carbocycles. The summed E-state index contributed by atoms with van der Waals surface area (Å²) in [6.45, 7) is 5.50. The van der Waals surface area contributed by atoms with E-state index in [1.54, 1.807) is 4.90 Å². The molecular weight excluding hydrogens is 190 g/mol. The second-order valence-electron chi connectivity index (χ2n) is 3.62. The number of amides is 1. The summed E-state index contributed by atoms with van der Waals surface area (Å²) in [5, 5.41) is -0.344. The average Bonchev–Trinajstić information content (AvgIpc) is 2.04. The Bertz CT molecular complexity index is 176. The third-order valence-corrected chi connectivity index (χ3v) is 2.39. The molecule has 1 saturated heterocycles. The van der Waals surface area contributed by atoms with Gasteiger partial charge in [-0.25, -0.2) is 0 Å². The van der Waals surface area contributed by atoms with Crippen LogP contribution in [0.15, 0.2) is 0 Å². The van der Waals surface area contributed by atoms with Crippen molar-refractivity contribution >= 4 is 17.0 Å². The zero-order valence-corrected chi connectivity index (χ0v) is 8.88. The van der Waals surface area contributed by atoms with Crippen molar-refractivity contribution in [3.8, 4) is 0 Å². The molecule has 1 fully saturated rings. The summed E-state index contributed by atoms with van der Waals surface area (Å²) in [7, 11) is 0. The number of nitrogens with zero attached hydrogens (tertiary/aromatic N) is 1. The van der Waals surface area contributed by atoms with Gasteiger partial charge in [-0.2, -0.15) is 0 Å². The molecule has 4 heteroatoms. The van der Waals surface area contributed by atoms with Gasteiger partial charge in [0.15, 0.2) is 0 Å². The van der Waals surface area contributed by atoms with E-state index in [1.807, 2.05) is 13.8 Å². The van der Waals surface area contributed by atoms with Gasteiger partial charge in [0.25, 0.3) is 0 Å². The van der Waals surface area contributed by atoms with E-state index in [4.69, 9.17) is 16.3 Å². The summed E-state index contributed by atoms with van der Waals surface area (Å²) >= 11 is 5.36. The highest BCUT2D eigenvalue weighted by atomic mass is 35.5. The number of carbonyl (C=O) groups excluding carboxylic acids is 1. The second kappa shape index (κ2) is 4.82. The fraction of sp³-hybridized carbons (Fsp3) is 0.889. The summed E-state index contributed by atoms with van der Waals surface area (Å²) in [5.41, 5.74) is 0.